The van der Waals surface area contributed by atoms with Crippen molar-refractivity contribution in [2.75, 3.05) is 33.1 Å². The second-order valence-corrected chi connectivity index (χ2v) is 7.68. The van der Waals surface area contributed by atoms with Crippen molar-refractivity contribution >= 4 is 27.5 Å². The van der Waals surface area contributed by atoms with Gasteiger partial charge in [-0.15, -0.1) is 0 Å². The Morgan fingerprint density at radius 3 is 2.33 bits per heavy atom. The van der Waals surface area contributed by atoms with Crippen LogP contribution in [0.5, 0.6) is 5.75 Å². The number of nitrogens with one attached hydrogen (secondary N) is 2. The van der Waals surface area contributed by atoms with Crippen LogP contribution in [-0.4, -0.2) is 52.9 Å². The van der Waals surface area contributed by atoms with Crippen molar-refractivity contribution in [1.29, 1.82) is 0 Å². The number of ether oxygens (including phenoxy) is 1. The van der Waals surface area contributed by atoms with Gasteiger partial charge in [-0.2, -0.15) is 0 Å². The number of hydrogen-bond donors (Lipinski definition) is 2. The lowest BCUT2D eigenvalue weighted by Gasteiger charge is -2.12. The van der Waals surface area contributed by atoms with E-state index in [1.165, 1.54) is 36.2 Å². The maximum absolute atomic E-state index is 12.3. The van der Waals surface area contributed by atoms with Gasteiger partial charge < -0.3 is 15.0 Å². The highest BCUT2D eigenvalue weighted by atomic mass is 32.2. The molecule has 0 aliphatic carbocycles. The van der Waals surface area contributed by atoms with Gasteiger partial charge in [-0.25, -0.2) is 13.1 Å². The largest absolute Gasteiger partial charge is 0.484 e. The molecule has 0 unspecified atom stereocenters. The van der Waals surface area contributed by atoms with Gasteiger partial charge in [0.15, 0.2) is 6.61 Å². The molecule has 0 atom stereocenters. The number of carbonyl (C=O) groups is 2. The monoisotopic (exact) mass is 391 g/mol. The molecule has 0 radical (unpaired) electrons. The van der Waals surface area contributed by atoms with Crippen molar-refractivity contribution in [2.24, 2.45) is 0 Å². The Balaban J connectivity index is 2.04. The summed E-state index contributed by atoms with van der Waals surface area (Å²) in [6.07, 6.45) is 0. The predicted molar refractivity (Wildman–Crippen MR) is 101 cm³/mol. The number of hydrogen-bond acceptors (Lipinski definition) is 5. The molecule has 8 nitrogen and oxygen atoms in total. The molecule has 2 aromatic rings. The highest BCUT2D eigenvalue weighted by Gasteiger charge is 2.14. The first-order valence-corrected chi connectivity index (χ1v) is 9.49. The minimum Gasteiger partial charge on any atom is -0.484 e. The topological polar surface area (TPSA) is 105 Å². The first-order chi connectivity index (χ1) is 12.7. The maximum Gasteiger partial charge on any atom is 0.259 e. The Bertz CT molecular complexity index is 924. The van der Waals surface area contributed by atoms with Crippen molar-refractivity contribution in [2.45, 2.75) is 4.90 Å². The molecule has 2 rings (SSSR count). The molecule has 0 aliphatic rings. The van der Waals surface area contributed by atoms with E-state index in [1.54, 1.807) is 38.4 Å². The molecular weight excluding hydrogens is 370 g/mol. The van der Waals surface area contributed by atoms with Gasteiger partial charge in [0.1, 0.15) is 5.75 Å². The molecule has 2 N–H and O–H groups in total. The molecule has 0 bridgehead atoms. The summed E-state index contributed by atoms with van der Waals surface area (Å²) in [4.78, 5) is 25.3. The van der Waals surface area contributed by atoms with E-state index in [9.17, 15) is 18.0 Å². The lowest BCUT2D eigenvalue weighted by Crippen LogP contribution is -2.27. The quantitative estimate of drug-likeness (QED) is 0.741. The van der Waals surface area contributed by atoms with Gasteiger partial charge in [-0.1, -0.05) is 6.07 Å². The fourth-order valence-corrected chi connectivity index (χ4v) is 2.81. The first-order valence-electron chi connectivity index (χ1n) is 8.01. The van der Waals surface area contributed by atoms with Crippen LogP contribution in [0.25, 0.3) is 0 Å². The average Bonchev–Trinajstić information content (AvgIpc) is 2.67. The standard InChI is InChI=1S/C18H21N3O5S/c1-19-27(24,25)16-6-4-5-13(11-16)18(23)20-14-7-9-15(10-8-14)26-12-17(22)21(2)3/h4-11,19H,12H2,1-3H3,(H,20,23). The number of likely N-dealkylation sites (N-methyl/N-ethyl adjacent to an activating group) is 1. The van der Waals surface area contributed by atoms with Crippen LogP contribution < -0.4 is 14.8 Å². The molecule has 27 heavy (non-hydrogen) atoms. The third-order valence-corrected chi connectivity index (χ3v) is 5.06. The third kappa shape index (κ3) is 5.53. The van der Waals surface area contributed by atoms with E-state index in [4.69, 9.17) is 4.74 Å². The lowest BCUT2D eigenvalue weighted by atomic mass is 10.2. The highest BCUT2D eigenvalue weighted by Crippen LogP contribution is 2.17. The number of amides is 2. The summed E-state index contributed by atoms with van der Waals surface area (Å²) in [6, 6.07) is 12.2. The van der Waals surface area contributed by atoms with Gasteiger partial charge in [-0.05, 0) is 49.5 Å². The van der Waals surface area contributed by atoms with E-state index in [1.807, 2.05) is 0 Å². The van der Waals surface area contributed by atoms with Crippen LogP contribution in [0.3, 0.4) is 0 Å². The summed E-state index contributed by atoms with van der Waals surface area (Å²) in [7, 11) is 0.954. The van der Waals surface area contributed by atoms with Crippen LogP contribution in [0.4, 0.5) is 5.69 Å². The molecule has 144 valence electrons. The van der Waals surface area contributed by atoms with Gasteiger partial charge in [0.2, 0.25) is 10.0 Å². The second kappa shape index (κ2) is 8.65. The normalized spacial score (nSPS) is 10.9. The Morgan fingerprint density at radius 1 is 1.07 bits per heavy atom. The van der Waals surface area contributed by atoms with Crippen LogP contribution in [0.1, 0.15) is 10.4 Å². The van der Waals surface area contributed by atoms with Crippen molar-refractivity contribution in [3.63, 3.8) is 0 Å². The van der Waals surface area contributed by atoms with Crippen molar-refractivity contribution in [3.05, 3.63) is 54.1 Å². The molecule has 0 fully saturated rings. The molecule has 2 amide bonds. The van der Waals surface area contributed by atoms with Crippen LogP contribution in [-0.2, 0) is 14.8 Å². The van der Waals surface area contributed by atoms with Crippen LogP contribution >= 0.6 is 0 Å². The molecule has 9 heteroatoms. The molecule has 0 saturated heterocycles. The smallest absolute Gasteiger partial charge is 0.259 e. The molecule has 0 spiro atoms. The van der Waals surface area contributed by atoms with Gasteiger partial charge in [0.25, 0.3) is 11.8 Å². The third-order valence-electron chi connectivity index (χ3n) is 3.65. The Kier molecular flexibility index (Phi) is 6.54. The number of sulfonamides is 1. The fourth-order valence-electron chi connectivity index (χ4n) is 2.03. The Hall–Kier alpha value is -2.91. The van der Waals surface area contributed by atoms with Gasteiger partial charge >= 0.3 is 0 Å². The molecule has 0 saturated carbocycles. The zero-order valence-electron chi connectivity index (χ0n) is 15.2. The molecule has 0 aliphatic heterocycles. The van der Waals surface area contributed by atoms with Gasteiger partial charge in [0.05, 0.1) is 4.90 Å². The molecule has 0 heterocycles. The Labute approximate surface area is 158 Å². The van der Waals surface area contributed by atoms with Gasteiger partial charge in [-0.3, -0.25) is 9.59 Å². The van der Waals surface area contributed by atoms with E-state index in [-0.39, 0.29) is 23.0 Å². The van der Waals surface area contributed by atoms with E-state index < -0.39 is 15.9 Å². The number of carbonyl (C=O) groups excluding carboxylic acids is 2. The zero-order chi connectivity index (χ0) is 20.0. The van der Waals surface area contributed by atoms with E-state index >= 15 is 0 Å². The van der Waals surface area contributed by atoms with Crippen molar-refractivity contribution < 1.29 is 22.7 Å². The lowest BCUT2D eigenvalue weighted by molar-refractivity contribution is -0.130. The number of benzene rings is 2. The SMILES string of the molecule is CNS(=O)(=O)c1cccc(C(=O)Nc2ccc(OCC(=O)N(C)C)cc2)c1. The predicted octanol–water partition coefficient (Wildman–Crippen LogP) is 1.31. The molecule has 2 aromatic carbocycles. The van der Waals surface area contributed by atoms with Crippen LogP contribution in [0, 0.1) is 0 Å². The summed E-state index contributed by atoms with van der Waals surface area (Å²) in [6.45, 7) is -0.0779. The van der Waals surface area contributed by atoms with Crippen LogP contribution in [0.2, 0.25) is 0 Å². The highest BCUT2D eigenvalue weighted by molar-refractivity contribution is 7.89. The first kappa shape index (κ1) is 20.4. The van der Waals surface area contributed by atoms with E-state index in [0.717, 1.165) is 0 Å². The second-order valence-electron chi connectivity index (χ2n) is 5.79. The molecular formula is C18H21N3O5S. The minimum atomic E-state index is -3.63. The van der Waals surface area contributed by atoms with E-state index in [0.29, 0.717) is 11.4 Å². The number of nitrogens with zero attached hydrogens (tertiary/aromatic N) is 1. The Morgan fingerprint density at radius 2 is 1.74 bits per heavy atom. The van der Waals surface area contributed by atoms with Crippen molar-refractivity contribution in [3.8, 4) is 5.75 Å². The average molecular weight is 391 g/mol. The van der Waals surface area contributed by atoms with E-state index in [2.05, 4.69) is 10.0 Å². The summed E-state index contributed by atoms with van der Waals surface area (Å²) in [5.74, 6) is -0.117. The summed E-state index contributed by atoms with van der Waals surface area (Å²) < 4.78 is 31.2. The summed E-state index contributed by atoms with van der Waals surface area (Å²) in [5, 5.41) is 2.68. The van der Waals surface area contributed by atoms with Crippen LogP contribution in [0.15, 0.2) is 53.4 Å². The van der Waals surface area contributed by atoms with Crippen molar-refractivity contribution in [1.82, 2.24) is 9.62 Å². The fraction of sp³-hybridized carbons (Fsp3) is 0.222. The minimum absolute atomic E-state index is 0.00644. The zero-order valence-corrected chi connectivity index (χ0v) is 16.0. The molecule has 0 aromatic heterocycles. The number of rotatable bonds is 7. The summed E-state index contributed by atoms with van der Waals surface area (Å²) in [5.41, 5.74) is 0.719. The number of anilines is 1. The van der Waals surface area contributed by atoms with Gasteiger partial charge in [0, 0.05) is 25.3 Å². The summed E-state index contributed by atoms with van der Waals surface area (Å²) >= 11 is 0. The maximum atomic E-state index is 12.3.